The summed E-state index contributed by atoms with van der Waals surface area (Å²) in [6.45, 7) is 0. The van der Waals surface area contributed by atoms with Gasteiger partial charge in [-0.25, -0.2) is 0 Å². The summed E-state index contributed by atoms with van der Waals surface area (Å²) < 4.78 is 0. The molecule has 0 heterocycles. The molecule has 0 aromatic heterocycles. The first-order valence-electron chi connectivity index (χ1n) is 5.19. The number of phenols is 1. The molecule has 0 aliphatic rings. The number of aromatic hydroxyl groups is 1. The van der Waals surface area contributed by atoms with Crippen LogP contribution in [0.1, 0.15) is 6.42 Å². The lowest BCUT2D eigenvalue weighted by Gasteiger charge is -2.12. The van der Waals surface area contributed by atoms with Crippen LogP contribution in [0, 0.1) is 0 Å². The van der Waals surface area contributed by atoms with Gasteiger partial charge in [0.1, 0.15) is 0 Å². The molecular weight excluding hydrogens is 295 g/mol. The lowest BCUT2D eigenvalue weighted by Crippen LogP contribution is -2.36. The molecule has 0 aliphatic carbocycles. The van der Waals surface area contributed by atoms with Gasteiger partial charge in [-0.2, -0.15) is 11.8 Å². The lowest BCUT2D eigenvalue weighted by atomic mass is 10.2. The summed E-state index contributed by atoms with van der Waals surface area (Å²) in [6, 6.07) is 2.26. The van der Waals surface area contributed by atoms with E-state index in [2.05, 4.69) is 5.32 Å². The molecule has 7 heteroatoms. The molecule has 0 aliphatic heterocycles. The highest BCUT2D eigenvalue weighted by Gasteiger charge is 2.14. The first-order chi connectivity index (χ1) is 8.45. The lowest BCUT2D eigenvalue weighted by molar-refractivity contribution is -0.117. The Morgan fingerprint density at radius 1 is 1.50 bits per heavy atom. The molecule has 1 aromatic carbocycles. The van der Waals surface area contributed by atoms with Gasteiger partial charge in [0.05, 0.1) is 16.1 Å². The third kappa shape index (κ3) is 4.24. The first-order valence-corrected chi connectivity index (χ1v) is 7.34. The topological polar surface area (TPSA) is 75.4 Å². The van der Waals surface area contributed by atoms with Gasteiger partial charge in [-0.3, -0.25) is 4.79 Å². The average Bonchev–Trinajstić information content (AvgIpc) is 2.32. The van der Waals surface area contributed by atoms with E-state index in [0.29, 0.717) is 12.1 Å². The van der Waals surface area contributed by atoms with Gasteiger partial charge in [0.15, 0.2) is 5.75 Å². The second kappa shape index (κ2) is 7.09. The van der Waals surface area contributed by atoms with Crippen LogP contribution in [0.25, 0.3) is 0 Å². The van der Waals surface area contributed by atoms with E-state index in [1.165, 1.54) is 12.1 Å². The van der Waals surface area contributed by atoms with Crippen LogP contribution in [0.5, 0.6) is 5.75 Å². The van der Waals surface area contributed by atoms with Crippen LogP contribution in [0.15, 0.2) is 12.1 Å². The number of carbonyl (C=O) groups is 1. The van der Waals surface area contributed by atoms with Crippen molar-refractivity contribution in [3.8, 4) is 5.75 Å². The van der Waals surface area contributed by atoms with E-state index in [1.54, 1.807) is 11.8 Å². The Morgan fingerprint density at radius 3 is 2.56 bits per heavy atom. The Bertz CT molecular complexity index is 420. The van der Waals surface area contributed by atoms with Crippen molar-refractivity contribution in [2.75, 3.05) is 17.3 Å². The molecule has 1 atom stereocenters. The number of rotatable bonds is 5. The molecule has 0 fully saturated rings. The second-order valence-electron chi connectivity index (χ2n) is 3.67. The van der Waals surface area contributed by atoms with Crippen molar-refractivity contribution in [2.24, 2.45) is 5.73 Å². The Balaban J connectivity index is 2.70. The van der Waals surface area contributed by atoms with E-state index in [0.717, 1.165) is 5.75 Å². The zero-order valence-corrected chi connectivity index (χ0v) is 12.1. The van der Waals surface area contributed by atoms with Crippen LogP contribution < -0.4 is 11.1 Å². The highest BCUT2D eigenvalue weighted by atomic mass is 35.5. The van der Waals surface area contributed by atoms with Gasteiger partial charge in [0.25, 0.3) is 0 Å². The first kappa shape index (κ1) is 15.4. The predicted molar refractivity (Wildman–Crippen MR) is 77.7 cm³/mol. The Morgan fingerprint density at radius 2 is 2.06 bits per heavy atom. The van der Waals surface area contributed by atoms with Crippen LogP contribution in [0.2, 0.25) is 10.0 Å². The summed E-state index contributed by atoms with van der Waals surface area (Å²) in [7, 11) is 0. The van der Waals surface area contributed by atoms with E-state index in [1.807, 2.05) is 6.26 Å². The van der Waals surface area contributed by atoms with E-state index >= 15 is 0 Å². The fourth-order valence-corrected chi connectivity index (χ4v) is 2.23. The number of thioether (sulfide) groups is 1. The fraction of sp³-hybridized carbons (Fsp3) is 0.364. The molecule has 4 nitrogen and oxygen atoms in total. The molecule has 1 rings (SSSR count). The molecule has 0 bridgehead atoms. The second-order valence-corrected chi connectivity index (χ2v) is 5.47. The maximum absolute atomic E-state index is 11.7. The van der Waals surface area contributed by atoms with Crippen molar-refractivity contribution in [1.29, 1.82) is 0 Å². The van der Waals surface area contributed by atoms with E-state index in [-0.39, 0.29) is 21.7 Å². The van der Waals surface area contributed by atoms with Gasteiger partial charge >= 0.3 is 0 Å². The maximum atomic E-state index is 11.7. The van der Waals surface area contributed by atoms with Crippen molar-refractivity contribution in [1.82, 2.24) is 0 Å². The minimum Gasteiger partial charge on any atom is -0.505 e. The summed E-state index contributed by atoms with van der Waals surface area (Å²) in [5, 5.41) is 12.2. The summed E-state index contributed by atoms with van der Waals surface area (Å²) >= 11 is 13.1. The molecular formula is C11H14Cl2N2O2S. The van der Waals surface area contributed by atoms with Crippen LogP contribution >= 0.6 is 35.0 Å². The van der Waals surface area contributed by atoms with Crippen molar-refractivity contribution >= 4 is 46.6 Å². The number of carbonyl (C=O) groups excluding carboxylic acids is 1. The van der Waals surface area contributed by atoms with Crippen molar-refractivity contribution in [2.45, 2.75) is 12.5 Å². The zero-order chi connectivity index (χ0) is 13.7. The molecule has 0 spiro atoms. The molecule has 4 N–H and O–H groups in total. The van der Waals surface area contributed by atoms with Crippen molar-refractivity contribution in [3.63, 3.8) is 0 Å². The number of nitrogens with two attached hydrogens (primary N) is 1. The number of hydrogen-bond acceptors (Lipinski definition) is 4. The minimum absolute atomic E-state index is 0.0792. The number of benzene rings is 1. The quantitative estimate of drug-likeness (QED) is 0.731. The maximum Gasteiger partial charge on any atom is 0.241 e. The van der Waals surface area contributed by atoms with E-state index in [4.69, 9.17) is 28.9 Å². The monoisotopic (exact) mass is 308 g/mol. The number of anilines is 1. The highest BCUT2D eigenvalue weighted by molar-refractivity contribution is 7.98. The summed E-state index contributed by atoms with van der Waals surface area (Å²) in [6.07, 6.45) is 2.54. The molecule has 0 radical (unpaired) electrons. The van der Waals surface area contributed by atoms with Crippen molar-refractivity contribution < 1.29 is 9.90 Å². The number of halogens is 2. The van der Waals surface area contributed by atoms with Gasteiger partial charge < -0.3 is 16.2 Å². The smallest absolute Gasteiger partial charge is 0.241 e. The molecule has 0 saturated heterocycles. The van der Waals surface area contributed by atoms with E-state index < -0.39 is 6.04 Å². The van der Waals surface area contributed by atoms with Gasteiger partial charge in [0, 0.05) is 5.69 Å². The van der Waals surface area contributed by atoms with Crippen LogP contribution in [-0.2, 0) is 4.79 Å². The standard InChI is InChI=1S/C11H14Cl2N2O2S/c1-18-3-2-9(14)11(17)15-6-4-7(12)10(16)8(13)5-6/h4-5,9,16H,2-3,14H2,1H3,(H,15,17)/t9-/m0/s1. The molecule has 1 aromatic rings. The van der Waals surface area contributed by atoms with Crippen molar-refractivity contribution in [3.05, 3.63) is 22.2 Å². The fourth-order valence-electron chi connectivity index (χ4n) is 1.25. The summed E-state index contributed by atoms with van der Waals surface area (Å²) in [4.78, 5) is 11.7. The Hall–Kier alpha value is -0.620. The van der Waals surface area contributed by atoms with Gasteiger partial charge in [-0.15, -0.1) is 0 Å². The predicted octanol–water partition coefficient (Wildman–Crippen LogP) is 2.72. The summed E-state index contributed by atoms with van der Waals surface area (Å²) in [5.41, 5.74) is 6.13. The van der Waals surface area contributed by atoms with Crippen LogP contribution in [0.3, 0.4) is 0 Å². The van der Waals surface area contributed by atoms with Gasteiger partial charge in [-0.1, -0.05) is 23.2 Å². The van der Waals surface area contributed by atoms with Gasteiger partial charge in [-0.05, 0) is 30.6 Å². The SMILES string of the molecule is CSCC[C@H](N)C(=O)Nc1cc(Cl)c(O)c(Cl)c1. The molecule has 1 amide bonds. The normalized spacial score (nSPS) is 12.2. The third-order valence-corrected chi connectivity index (χ3v) is 3.47. The highest BCUT2D eigenvalue weighted by Crippen LogP contribution is 2.34. The van der Waals surface area contributed by atoms with Crippen LogP contribution in [0.4, 0.5) is 5.69 Å². The molecule has 100 valence electrons. The number of phenolic OH excluding ortho intramolecular Hbond substituents is 1. The molecule has 18 heavy (non-hydrogen) atoms. The summed E-state index contributed by atoms with van der Waals surface area (Å²) in [5.74, 6) is 0.302. The van der Waals surface area contributed by atoms with Crippen LogP contribution in [-0.4, -0.2) is 29.1 Å². The molecule has 0 saturated carbocycles. The number of amides is 1. The third-order valence-electron chi connectivity index (χ3n) is 2.25. The van der Waals surface area contributed by atoms with E-state index in [9.17, 15) is 9.90 Å². The Kier molecular flexibility index (Phi) is 6.08. The largest absolute Gasteiger partial charge is 0.505 e. The zero-order valence-electron chi connectivity index (χ0n) is 9.74. The van der Waals surface area contributed by atoms with Gasteiger partial charge in [0.2, 0.25) is 5.91 Å². The molecule has 0 unspecified atom stereocenters. The number of nitrogens with one attached hydrogen (secondary N) is 1. The average molecular weight is 309 g/mol. The Labute approximate surface area is 120 Å². The number of hydrogen-bond donors (Lipinski definition) is 3. The minimum atomic E-state index is -0.580.